The summed E-state index contributed by atoms with van der Waals surface area (Å²) in [5, 5.41) is 0.755. The lowest BCUT2D eigenvalue weighted by atomic mass is 10.2. The Morgan fingerprint density at radius 1 is 1.42 bits per heavy atom. The molecule has 12 heavy (non-hydrogen) atoms. The summed E-state index contributed by atoms with van der Waals surface area (Å²) in [6, 6.07) is 5.88. The SMILES string of the molecule is CN(C)c1cccc(CN)c1Cl. The van der Waals surface area contributed by atoms with Crippen molar-refractivity contribution in [1.29, 1.82) is 0 Å². The zero-order chi connectivity index (χ0) is 9.14. The van der Waals surface area contributed by atoms with E-state index in [9.17, 15) is 0 Å². The van der Waals surface area contributed by atoms with Crippen LogP contribution in [-0.2, 0) is 6.54 Å². The van der Waals surface area contributed by atoms with Crippen molar-refractivity contribution >= 4 is 17.3 Å². The first-order valence-electron chi connectivity index (χ1n) is 3.81. The number of halogens is 1. The second-order valence-corrected chi connectivity index (χ2v) is 3.23. The van der Waals surface area contributed by atoms with Gasteiger partial charge in [-0.25, -0.2) is 0 Å². The Bertz CT molecular complexity index is 271. The lowest BCUT2D eigenvalue weighted by Gasteiger charge is -2.15. The molecule has 0 aromatic heterocycles. The number of nitrogens with two attached hydrogens (primary N) is 1. The maximum atomic E-state index is 6.08. The third-order valence-electron chi connectivity index (χ3n) is 1.76. The van der Waals surface area contributed by atoms with E-state index in [1.54, 1.807) is 0 Å². The van der Waals surface area contributed by atoms with Gasteiger partial charge in [-0.2, -0.15) is 0 Å². The predicted octanol–water partition coefficient (Wildman–Crippen LogP) is 1.86. The Labute approximate surface area is 77.9 Å². The molecule has 0 amide bonds. The van der Waals surface area contributed by atoms with Crippen LogP contribution in [-0.4, -0.2) is 14.1 Å². The van der Waals surface area contributed by atoms with E-state index in [1.165, 1.54) is 0 Å². The highest BCUT2D eigenvalue weighted by atomic mass is 35.5. The minimum Gasteiger partial charge on any atom is -0.376 e. The molecule has 66 valence electrons. The van der Waals surface area contributed by atoms with Gasteiger partial charge in [0.1, 0.15) is 0 Å². The van der Waals surface area contributed by atoms with Gasteiger partial charge in [-0.05, 0) is 11.6 Å². The predicted molar refractivity (Wildman–Crippen MR) is 53.7 cm³/mol. The van der Waals surface area contributed by atoms with E-state index in [-0.39, 0.29) is 0 Å². The molecule has 0 heterocycles. The summed E-state index contributed by atoms with van der Waals surface area (Å²) in [6.07, 6.45) is 0. The van der Waals surface area contributed by atoms with Crippen molar-refractivity contribution in [3.63, 3.8) is 0 Å². The molecule has 0 bridgehead atoms. The van der Waals surface area contributed by atoms with Crippen molar-refractivity contribution in [2.45, 2.75) is 6.54 Å². The highest BCUT2D eigenvalue weighted by molar-refractivity contribution is 6.34. The summed E-state index contributed by atoms with van der Waals surface area (Å²) < 4.78 is 0. The first-order valence-corrected chi connectivity index (χ1v) is 4.19. The number of anilines is 1. The van der Waals surface area contributed by atoms with E-state index < -0.39 is 0 Å². The van der Waals surface area contributed by atoms with Gasteiger partial charge in [-0.3, -0.25) is 0 Å². The molecular weight excluding hydrogens is 172 g/mol. The van der Waals surface area contributed by atoms with Gasteiger partial charge in [0.25, 0.3) is 0 Å². The second kappa shape index (κ2) is 3.78. The fraction of sp³-hybridized carbons (Fsp3) is 0.333. The Morgan fingerprint density at radius 2 is 2.08 bits per heavy atom. The highest BCUT2D eigenvalue weighted by Crippen LogP contribution is 2.27. The van der Waals surface area contributed by atoms with Crippen molar-refractivity contribution < 1.29 is 0 Å². The molecule has 1 rings (SSSR count). The molecule has 0 atom stereocenters. The molecule has 1 aromatic rings. The van der Waals surface area contributed by atoms with Gasteiger partial charge >= 0.3 is 0 Å². The molecule has 2 nitrogen and oxygen atoms in total. The fourth-order valence-corrected chi connectivity index (χ4v) is 1.44. The van der Waals surface area contributed by atoms with Crippen molar-refractivity contribution in [3.05, 3.63) is 28.8 Å². The summed E-state index contributed by atoms with van der Waals surface area (Å²) in [4.78, 5) is 1.97. The molecule has 0 fully saturated rings. The van der Waals surface area contributed by atoms with Crippen LogP contribution in [0.3, 0.4) is 0 Å². The van der Waals surface area contributed by atoms with Crippen LogP contribution in [0.25, 0.3) is 0 Å². The normalized spacial score (nSPS) is 10.0. The smallest absolute Gasteiger partial charge is 0.0684 e. The van der Waals surface area contributed by atoms with E-state index in [4.69, 9.17) is 17.3 Å². The molecule has 1 aromatic carbocycles. The number of nitrogens with zero attached hydrogens (tertiary/aromatic N) is 1. The quantitative estimate of drug-likeness (QED) is 0.761. The lowest BCUT2D eigenvalue weighted by molar-refractivity contribution is 1.06. The Balaban J connectivity index is 3.14. The minimum atomic E-state index is 0.487. The van der Waals surface area contributed by atoms with Gasteiger partial charge in [0.15, 0.2) is 0 Å². The van der Waals surface area contributed by atoms with Gasteiger partial charge in [-0.1, -0.05) is 23.7 Å². The summed E-state index contributed by atoms with van der Waals surface area (Å²) in [5.41, 5.74) is 7.52. The number of hydrogen-bond donors (Lipinski definition) is 1. The fourth-order valence-electron chi connectivity index (χ4n) is 1.07. The zero-order valence-electron chi connectivity index (χ0n) is 7.34. The van der Waals surface area contributed by atoms with Crippen molar-refractivity contribution in [1.82, 2.24) is 0 Å². The van der Waals surface area contributed by atoms with E-state index in [2.05, 4.69) is 0 Å². The van der Waals surface area contributed by atoms with Crippen LogP contribution in [0.2, 0.25) is 5.02 Å². The molecule has 3 heteroatoms. The topological polar surface area (TPSA) is 29.3 Å². The Kier molecular flexibility index (Phi) is 2.95. The molecule has 0 spiro atoms. The molecular formula is C9H13ClN2. The largest absolute Gasteiger partial charge is 0.376 e. The van der Waals surface area contributed by atoms with Crippen LogP contribution in [0.5, 0.6) is 0 Å². The van der Waals surface area contributed by atoms with Crippen LogP contribution in [0, 0.1) is 0 Å². The summed E-state index contributed by atoms with van der Waals surface area (Å²) in [6.45, 7) is 0.487. The van der Waals surface area contributed by atoms with Crippen molar-refractivity contribution in [2.75, 3.05) is 19.0 Å². The average Bonchev–Trinajstić information content (AvgIpc) is 2.04. The van der Waals surface area contributed by atoms with Crippen LogP contribution < -0.4 is 10.6 Å². The van der Waals surface area contributed by atoms with Gasteiger partial charge in [0, 0.05) is 20.6 Å². The van der Waals surface area contributed by atoms with Gasteiger partial charge in [0.2, 0.25) is 0 Å². The first-order chi connectivity index (χ1) is 5.66. The molecule has 0 saturated carbocycles. The van der Waals surface area contributed by atoms with Gasteiger partial charge in [-0.15, -0.1) is 0 Å². The summed E-state index contributed by atoms with van der Waals surface area (Å²) in [7, 11) is 3.92. The highest BCUT2D eigenvalue weighted by Gasteiger charge is 2.05. The molecule has 2 N–H and O–H groups in total. The second-order valence-electron chi connectivity index (χ2n) is 2.85. The van der Waals surface area contributed by atoms with E-state index in [0.29, 0.717) is 6.54 Å². The first kappa shape index (κ1) is 9.36. The molecule has 0 aliphatic carbocycles. The van der Waals surface area contributed by atoms with Crippen LogP contribution >= 0.6 is 11.6 Å². The monoisotopic (exact) mass is 184 g/mol. The van der Waals surface area contributed by atoms with Crippen molar-refractivity contribution in [2.24, 2.45) is 5.73 Å². The summed E-state index contributed by atoms with van der Waals surface area (Å²) >= 11 is 6.08. The standard InChI is InChI=1S/C9H13ClN2/c1-12(2)8-5-3-4-7(6-11)9(8)10/h3-5H,6,11H2,1-2H3. The van der Waals surface area contributed by atoms with E-state index in [1.807, 2.05) is 37.2 Å². The Hall–Kier alpha value is -0.730. The Morgan fingerprint density at radius 3 is 2.58 bits per heavy atom. The number of hydrogen-bond acceptors (Lipinski definition) is 2. The van der Waals surface area contributed by atoms with Crippen LogP contribution in [0.15, 0.2) is 18.2 Å². The van der Waals surface area contributed by atoms with Crippen LogP contribution in [0.4, 0.5) is 5.69 Å². The van der Waals surface area contributed by atoms with E-state index in [0.717, 1.165) is 16.3 Å². The van der Waals surface area contributed by atoms with Gasteiger partial charge in [0.05, 0.1) is 10.7 Å². The molecule has 0 radical (unpaired) electrons. The summed E-state index contributed by atoms with van der Waals surface area (Å²) in [5.74, 6) is 0. The zero-order valence-corrected chi connectivity index (χ0v) is 8.10. The maximum absolute atomic E-state index is 6.08. The van der Waals surface area contributed by atoms with Gasteiger partial charge < -0.3 is 10.6 Å². The number of benzene rings is 1. The molecule has 0 unspecified atom stereocenters. The van der Waals surface area contributed by atoms with E-state index >= 15 is 0 Å². The minimum absolute atomic E-state index is 0.487. The van der Waals surface area contributed by atoms with Crippen LogP contribution in [0.1, 0.15) is 5.56 Å². The average molecular weight is 185 g/mol. The maximum Gasteiger partial charge on any atom is 0.0684 e. The lowest BCUT2D eigenvalue weighted by Crippen LogP contribution is -2.10. The molecule has 0 saturated heterocycles. The third-order valence-corrected chi connectivity index (χ3v) is 2.20. The number of rotatable bonds is 2. The third kappa shape index (κ3) is 1.71. The van der Waals surface area contributed by atoms with Crippen molar-refractivity contribution in [3.8, 4) is 0 Å². The molecule has 0 aliphatic heterocycles. The molecule has 0 aliphatic rings.